The predicted molar refractivity (Wildman–Crippen MR) is 29.4 cm³/mol. The van der Waals surface area contributed by atoms with Crippen molar-refractivity contribution in [1.29, 1.82) is 0 Å². The smallest absolute Gasteiger partial charge is 0.173 e. The molecule has 0 aliphatic heterocycles. The molecule has 0 radical (unpaired) electrons. The minimum Gasteiger partial charge on any atom is -0.381 e. The van der Waals surface area contributed by atoms with E-state index in [1.807, 2.05) is 0 Å². The van der Waals surface area contributed by atoms with Gasteiger partial charge in [0.05, 0.1) is 5.41 Å². The minimum absolute atomic E-state index is 0.0509. The maximum atomic E-state index is 10.6. The van der Waals surface area contributed by atoms with Crippen molar-refractivity contribution in [3.8, 4) is 0 Å². The molecule has 8 heavy (non-hydrogen) atoms. The van der Waals surface area contributed by atoms with Crippen molar-refractivity contribution in [2.45, 2.75) is 26.4 Å². The molecule has 1 aliphatic rings. The highest BCUT2D eigenvalue weighted by atomic mass is 16.3. The Morgan fingerprint density at radius 3 is 1.50 bits per heavy atom. The summed E-state index contributed by atoms with van der Waals surface area (Å²) in [5, 5.41) is 9.08. The third kappa shape index (κ3) is 0.348. The zero-order valence-corrected chi connectivity index (χ0v) is 5.36. The van der Waals surface area contributed by atoms with Crippen LogP contribution in [-0.2, 0) is 4.79 Å². The van der Waals surface area contributed by atoms with Crippen LogP contribution in [-0.4, -0.2) is 16.5 Å². The van der Waals surface area contributed by atoms with Crippen LogP contribution < -0.4 is 0 Å². The molecule has 1 N–H and O–H groups in total. The lowest BCUT2D eigenvalue weighted by Crippen LogP contribution is -2.09. The Hall–Kier alpha value is -0.370. The first-order valence-electron chi connectivity index (χ1n) is 2.68. The second-order valence-electron chi connectivity index (χ2n) is 3.03. The minimum atomic E-state index is -1.03. The summed E-state index contributed by atoms with van der Waals surface area (Å²) in [6.45, 7) is 5.04. The zero-order chi connectivity index (χ0) is 6.58. The van der Waals surface area contributed by atoms with Gasteiger partial charge in [0.25, 0.3) is 0 Å². The molecule has 1 rings (SSSR count). The van der Waals surface area contributed by atoms with Crippen LogP contribution >= 0.6 is 0 Å². The number of ketones is 1. The van der Waals surface area contributed by atoms with E-state index in [9.17, 15) is 4.79 Å². The van der Waals surface area contributed by atoms with Gasteiger partial charge in [-0.1, -0.05) is 0 Å². The highest BCUT2D eigenvalue weighted by Crippen LogP contribution is 2.50. The van der Waals surface area contributed by atoms with Crippen LogP contribution in [0.15, 0.2) is 0 Å². The van der Waals surface area contributed by atoms with Gasteiger partial charge < -0.3 is 5.11 Å². The monoisotopic (exact) mass is 114 g/mol. The van der Waals surface area contributed by atoms with Crippen LogP contribution in [0.3, 0.4) is 0 Å². The van der Waals surface area contributed by atoms with Crippen molar-refractivity contribution >= 4 is 5.78 Å². The lowest BCUT2D eigenvalue weighted by Gasteiger charge is -1.99. The van der Waals surface area contributed by atoms with E-state index >= 15 is 0 Å². The molecule has 0 aromatic carbocycles. The molecule has 0 heterocycles. The van der Waals surface area contributed by atoms with Gasteiger partial charge in [-0.2, -0.15) is 0 Å². The number of carbonyl (C=O) groups excluding carboxylic acids is 1. The van der Waals surface area contributed by atoms with E-state index in [1.165, 1.54) is 0 Å². The van der Waals surface area contributed by atoms with E-state index in [-0.39, 0.29) is 5.78 Å². The molecule has 1 aliphatic carbocycles. The molecule has 0 aromatic heterocycles. The first-order valence-corrected chi connectivity index (χ1v) is 2.68. The Balaban J connectivity index is 2.88. The molecular formula is C6H10O2. The normalized spacial score (nSPS) is 42.2. The molecule has 1 atom stereocenters. The standard InChI is InChI=1S/C6H10O2/c1-5(2)4(7)6(5,3)8/h8H,1-3H3. The van der Waals surface area contributed by atoms with E-state index in [2.05, 4.69) is 0 Å². The van der Waals surface area contributed by atoms with Crippen molar-refractivity contribution in [1.82, 2.24) is 0 Å². The van der Waals surface area contributed by atoms with E-state index in [0.29, 0.717) is 0 Å². The molecular weight excluding hydrogens is 104 g/mol. The Morgan fingerprint density at radius 1 is 1.38 bits per heavy atom. The Morgan fingerprint density at radius 2 is 1.50 bits per heavy atom. The van der Waals surface area contributed by atoms with Gasteiger partial charge in [-0.05, 0) is 20.8 Å². The van der Waals surface area contributed by atoms with Crippen LogP contribution in [0.5, 0.6) is 0 Å². The van der Waals surface area contributed by atoms with E-state index < -0.39 is 11.0 Å². The van der Waals surface area contributed by atoms with Gasteiger partial charge in [-0.3, -0.25) is 4.79 Å². The molecule has 46 valence electrons. The van der Waals surface area contributed by atoms with Gasteiger partial charge in [0, 0.05) is 0 Å². The van der Waals surface area contributed by atoms with Crippen molar-refractivity contribution in [3.05, 3.63) is 0 Å². The average Bonchev–Trinajstić information content (AvgIpc) is 1.88. The van der Waals surface area contributed by atoms with Gasteiger partial charge >= 0.3 is 0 Å². The number of hydrogen-bond donors (Lipinski definition) is 1. The van der Waals surface area contributed by atoms with E-state index in [0.717, 1.165) is 0 Å². The third-order valence-corrected chi connectivity index (χ3v) is 2.16. The Labute approximate surface area is 48.5 Å². The summed E-state index contributed by atoms with van der Waals surface area (Å²) in [5.41, 5.74) is -1.51. The molecule has 0 aromatic rings. The molecule has 0 amide bonds. The highest BCUT2D eigenvalue weighted by Gasteiger charge is 2.67. The number of hydrogen-bond acceptors (Lipinski definition) is 2. The fourth-order valence-corrected chi connectivity index (χ4v) is 0.779. The first-order chi connectivity index (χ1) is 3.40. The number of Topliss-reactive ketones (excluding diaryl/α,β-unsaturated/α-hetero) is 1. The van der Waals surface area contributed by atoms with Gasteiger partial charge in [0.2, 0.25) is 0 Å². The van der Waals surface area contributed by atoms with Crippen molar-refractivity contribution in [2.75, 3.05) is 0 Å². The fraction of sp³-hybridized carbons (Fsp3) is 0.833. The Bertz CT molecular complexity index is 129. The maximum Gasteiger partial charge on any atom is 0.173 e. The molecule has 2 nitrogen and oxygen atoms in total. The largest absolute Gasteiger partial charge is 0.381 e. The van der Waals surface area contributed by atoms with Gasteiger partial charge in [-0.25, -0.2) is 0 Å². The van der Waals surface area contributed by atoms with Crippen molar-refractivity contribution in [3.63, 3.8) is 0 Å². The quantitative estimate of drug-likeness (QED) is 0.493. The highest BCUT2D eigenvalue weighted by molar-refractivity contribution is 6.09. The second-order valence-corrected chi connectivity index (χ2v) is 3.03. The molecule has 2 heteroatoms. The van der Waals surface area contributed by atoms with Gasteiger partial charge in [0.1, 0.15) is 5.60 Å². The molecule has 0 saturated heterocycles. The van der Waals surface area contributed by atoms with Crippen molar-refractivity contribution in [2.24, 2.45) is 5.41 Å². The Kier molecular flexibility index (Phi) is 0.707. The summed E-state index contributed by atoms with van der Waals surface area (Å²) in [4.78, 5) is 10.6. The topological polar surface area (TPSA) is 37.3 Å². The lowest BCUT2D eigenvalue weighted by atomic mass is 10.1. The van der Waals surface area contributed by atoms with E-state index in [1.54, 1.807) is 20.8 Å². The summed E-state index contributed by atoms with van der Waals surface area (Å²) >= 11 is 0. The summed E-state index contributed by atoms with van der Waals surface area (Å²) in [6.07, 6.45) is 0. The average molecular weight is 114 g/mol. The second kappa shape index (κ2) is 0.982. The van der Waals surface area contributed by atoms with Crippen molar-refractivity contribution < 1.29 is 9.90 Å². The van der Waals surface area contributed by atoms with Crippen LogP contribution in [0.25, 0.3) is 0 Å². The zero-order valence-electron chi connectivity index (χ0n) is 5.36. The first kappa shape index (κ1) is 5.76. The summed E-state index contributed by atoms with van der Waals surface area (Å²) in [6, 6.07) is 0. The molecule has 0 bridgehead atoms. The number of aliphatic hydroxyl groups is 1. The predicted octanol–water partition coefficient (Wildman–Crippen LogP) is 0.346. The summed E-state index contributed by atoms with van der Waals surface area (Å²) in [7, 11) is 0. The maximum absolute atomic E-state index is 10.6. The number of carbonyl (C=O) groups is 1. The van der Waals surface area contributed by atoms with Crippen LogP contribution in [0.4, 0.5) is 0 Å². The fourth-order valence-electron chi connectivity index (χ4n) is 0.779. The van der Waals surface area contributed by atoms with Crippen LogP contribution in [0.1, 0.15) is 20.8 Å². The van der Waals surface area contributed by atoms with E-state index in [4.69, 9.17) is 5.11 Å². The lowest BCUT2D eigenvalue weighted by molar-refractivity contribution is -0.115. The SMILES string of the molecule is CC1(C)C(=O)C1(C)O. The molecule has 1 fully saturated rings. The van der Waals surface area contributed by atoms with Crippen LogP contribution in [0.2, 0.25) is 0 Å². The van der Waals surface area contributed by atoms with Gasteiger partial charge in [-0.15, -0.1) is 0 Å². The molecule has 0 spiro atoms. The number of rotatable bonds is 0. The van der Waals surface area contributed by atoms with Crippen LogP contribution in [0, 0.1) is 5.41 Å². The summed E-state index contributed by atoms with van der Waals surface area (Å²) < 4.78 is 0. The third-order valence-electron chi connectivity index (χ3n) is 2.16. The van der Waals surface area contributed by atoms with Gasteiger partial charge in [0.15, 0.2) is 5.78 Å². The molecule has 1 unspecified atom stereocenters. The molecule has 1 saturated carbocycles. The summed E-state index contributed by atoms with van der Waals surface area (Å²) in [5.74, 6) is -0.0509.